The molecule has 0 spiro atoms. The van der Waals surface area contributed by atoms with E-state index in [1.54, 1.807) is 0 Å². The maximum absolute atomic E-state index is 12.8. The number of anilines is 1. The van der Waals surface area contributed by atoms with Gasteiger partial charge in [0, 0.05) is 12.2 Å². The summed E-state index contributed by atoms with van der Waals surface area (Å²) < 4.78 is 5.15. The van der Waals surface area contributed by atoms with Gasteiger partial charge in [-0.25, -0.2) is 0 Å². The summed E-state index contributed by atoms with van der Waals surface area (Å²) in [5.74, 6) is 0.384. The summed E-state index contributed by atoms with van der Waals surface area (Å²) in [6, 6.07) is 6.24. The van der Waals surface area contributed by atoms with Crippen LogP contribution in [0.15, 0.2) is 18.2 Å². The molecular formula is C22H34N2O3. The SMILES string of the molecule is CCOC(=O)[C@@H]1CCCN(CC(=O)Nc2c(C(C)C)cccc2C(C)C)C1. The average molecular weight is 375 g/mol. The number of para-hydroxylation sites is 1. The van der Waals surface area contributed by atoms with Crippen molar-refractivity contribution in [3.05, 3.63) is 29.3 Å². The van der Waals surface area contributed by atoms with Gasteiger partial charge < -0.3 is 10.1 Å². The molecule has 150 valence electrons. The highest BCUT2D eigenvalue weighted by Gasteiger charge is 2.28. The van der Waals surface area contributed by atoms with Crippen molar-refractivity contribution in [3.63, 3.8) is 0 Å². The molecule has 1 aliphatic heterocycles. The molecule has 5 heteroatoms. The van der Waals surface area contributed by atoms with E-state index in [-0.39, 0.29) is 17.8 Å². The van der Waals surface area contributed by atoms with Crippen molar-refractivity contribution in [2.45, 2.75) is 59.3 Å². The number of amides is 1. The first-order valence-corrected chi connectivity index (χ1v) is 10.1. The van der Waals surface area contributed by atoms with Gasteiger partial charge in [-0.3, -0.25) is 14.5 Å². The van der Waals surface area contributed by atoms with Crippen molar-refractivity contribution >= 4 is 17.6 Å². The molecule has 1 aliphatic rings. The molecule has 1 heterocycles. The van der Waals surface area contributed by atoms with Crippen LogP contribution in [0.1, 0.15) is 70.4 Å². The van der Waals surface area contributed by atoms with E-state index in [0.29, 0.717) is 31.5 Å². The third-order valence-corrected chi connectivity index (χ3v) is 5.13. The van der Waals surface area contributed by atoms with E-state index < -0.39 is 0 Å². The Kier molecular flexibility index (Phi) is 7.84. The quantitative estimate of drug-likeness (QED) is 0.729. The minimum atomic E-state index is -0.144. The number of hydrogen-bond donors (Lipinski definition) is 1. The Morgan fingerprint density at radius 3 is 2.37 bits per heavy atom. The summed E-state index contributed by atoms with van der Waals surface area (Å²) >= 11 is 0. The highest BCUT2D eigenvalue weighted by Crippen LogP contribution is 2.32. The van der Waals surface area contributed by atoms with E-state index in [4.69, 9.17) is 4.74 Å². The van der Waals surface area contributed by atoms with E-state index in [0.717, 1.165) is 36.2 Å². The van der Waals surface area contributed by atoms with Gasteiger partial charge in [-0.2, -0.15) is 0 Å². The first kappa shape index (κ1) is 21.4. The second-order valence-corrected chi connectivity index (χ2v) is 8.00. The average Bonchev–Trinajstić information content (AvgIpc) is 2.61. The third kappa shape index (κ3) is 5.80. The molecule has 1 N–H and O–H groups in total. The van der Waals surface area contributed by atoms with Gasteiger partial charge in [0.15, 0.2) is 0 Å². The monoisotopic (exact) mass is 374 g/mol. The number of nitrogens with zero attached hydrogens (tertiary/aromatic N) is 1. The van der Waals surface area contributed by atoms with Gasteiger partial charge in [0.1, 0.15) is 0 Å². The summed E-state index contributed by atoms with van der Waals surface area (Å²) in [5, 5.41) is 3.16. The number of nitrogens with one attached hydrogen (secondary N) is 1. The number of likely N-dealkylation sites (tertiary alicyclic amines) is 1. The number of ether oxygens (including phenoxy) is 1. The molecule has 0 aromatic heterocycles. The largest absolute Gasteiger partial charge is 0.466 e. The molecule has 1 aromatic rings. The second kappa shape index (κ2) is 9.88. The molecule has 0 radical (unpaired) electrons. The Hall–Kier alpha value is -1.88. The summed E-state index contributed by atoms with van der Waals surface area (Å²) in [4.78, 5) is 26.8. The molecule has 2 rings (SSSR count). The first-order valence-electron chi connectivity index (χ1n) is 10.1. The van der Waals surface area contributed by atoms with E-state index in [1.165, 1.54) is 0 Å². The molecule has 0 bridgehead atoms. The van der Waals surface area contributed by atoms with Gasteiger partial charge in [-0.05, 0) is 49.3 Å². The molecule has 1 saturated heterocycles. The van der Waals surface area contributed by atoms with E-state index in [9.17, 15) is 9.59 Å². The van der Waals surface area contributed by atoms with Crippen LogP contribution in [0.4, 0.5) is 5.69 Å². The van der Waals surface area contributed by atoms with Gasteiger partial charge in [0.2, 0.25) is 5.91 Å². The Balaban J connectivity index is 2.06. The predicted molar refractivity (Wildman–Crippen MR) is 109 cm³/mol. The molecule has 0 aliphatic carbocycles. The number of carbonyl (C=O) groups excluding carboxylic acids is 2. The zero-order chi connectivity index (χ0) is 20.0. The molecule has 0 unspecified atom stereocenters. The van der Waals surface area contributed by atoms with Crippen LogP contribution in [0.5, 0.6) is 0 Å². The maximum atomic E-state index is 12.8. The lowest BCUT2D eigenvalue weighted by Gasteiger charge is -2.31. The third-order valence-electron chi connectivity index (χ3n) is 5.13. The van der Waals surface area contributed by atoms with Crippen LogP contribution >= 0.6 is 0 Å². The Bertz CT molecular complexity index is 629. The van der Waals surface area contributed by atoms with Crippen molar-refractivity contribution in [1.82, 2.24) is 4.90 Å². The van der Waals surface area contributed by atoms with Crippen LogP contribution in [-0.2, 0) is 14.3 Å². The van der Waals surface area contributed by atoms with Crippen molar-refractivity contribution < 1.29 is 14.3 Å². The van der Waals surface area contributed by atoms with Crippen molar-refractivity contribution in [2.75, 3.05) is 31.6 Å². The van der Waals surface area contributed by atoms with E-state index in [1.807, 2.05) is 6.92 Å². The highest BCUT2D eigenvalue weighted by atomic mass is 16.5. The zero-order valence-corrected chi connectivity index (χ0v) is 17.4. The summed E-state index contributed by atoms with van der Waals surface area (Å²) in [5.41, 5.74) is 3.28. The minimum absolute atomic E-state index is 0.0190. The number of carbonyl (C=O) groups is 2. The van der Waals surface area contributed by atoms with Crippen LogP contribution in [0.3, 0.4) is 0 Å². The summed E-state index contributed by atoms with van der Waals surface area (Å²) in [7, 11) is 0. The van der Waals surface area contributed by atoms with Gasteiger partial charge >= 0.3 is 5.97 Å². The number of piperidine rings is 1. The molecule has 1 fully saturated rings. The summed E-state index contributed by atoms with van der Waals surface area (Å²) in [6.07, 6.45) is 1.75. The Morgan fingerprint density at radius 2 is 1.81 bits per heavy atom. The molecule has 1 amide bonds. The van der Waals surface area contributed by atoms with Gasteiger partial charge in [-0.1, -0.05) is 45.9 Å². The minimum Gasteiger partial charge on any atom is -0.466 e. The van der Waals surface area contributed by atoms with Crippen LogP contribution < -0.4 is 5.32 Å². The van der Waals surface area contributed by atoms with Crippen LogP contribution in [0, 0.1) is 5.92 Å². The van der Waals surface area contributed by atoms with Gasteiger partial charge in [0.05, 0.1) is 19.1 Å². The normalized spacial score (nSPS) is 18.0. The Morgan fingerprint density at radius 1 is 1.19 bits per heavy atom. The Labute approximate surface area is 163 Å². The maximum Gasteiger partial charge on any atom is 0.310 e. The molecule has 27 heavy (non-hydrogen) atoms. The second-order valence-electron chi connectivity index (χ2n) is 8.00. The fraction of sp³-hybridized carbons (Fsp3) is 0.636. The highest BCUT2D eigenvalue weighted by molar-refractivity contribution is 5.94. The van der Waals surface area contributed by atoms with Crippen LogP contribution in [0.25, 0.3) is 0 Å². The van der Waals surface area contributed by atoms with Crippen molar-refractivity contribution in [2.24, 2.45) is 5.92 Å². The van der Waals surface area contributed by atoms with E-state index in [2.05, 4.69) is 56.1 Å². The van der Waals surface area contributed by atoms with Crippen molar-refractivity contribution in [1.29, 1.82) is 0 Å². The lowest BCUT2D eigenvalue weighted by atomic mass is 9.92. The predicted octanol–water partition coefficient (Wildman–Crippen LogP) is 4.15. The smallest absolute Gasteiger partial charge is 0.310 e. The van der Waals surface area contributed by atoms with Crippen LogP contribution in [-0.4, -0.2) is 43.0 Å². The molecule has 0 saturated carbocycles. The fourth-order valence-electron chi connectivity index (χ4n) is 3.73. The van der Waals surface area contributed by atoms with Crippen molar-refractivity contribution in [3.8, 4) is 0 Å². The number of hydrogen-bond acceptors (Lipinski definition) is 4. The molecule has 1 aromatic carbocycles. The number of esters is 1. The molecular weight excluding hydrogens is 340 g/mol. The number of rotatable bonds is 7. The van der Waals surface area contributed by atoms with Gasteiger partial charge in [0.25, 0.3) is 0 Å². The molecule has 1 atom stereocenters. The lowest BCUT2D eigenvalue weighted by Crippen LogP contribution is -2.43. The zero-order valence-electron chi connectivity index (χ0n) is 17.4. The van der Waals surface area contributed by atoms with Crippen LogP contribution in [0.2, 0.25) is 0 Å². The first-order chi connectivity index (χ1) is 12.8. The standard InChI is InChI=1S/C22H34N2O3/c1-6-27-22(26)17-9-8-12-24(13-17)14-20(25)23-21-18(15(2)3)10-7-11-19(21)16(4)5/h7,10-11,15-17H,6,8-9,12-14H2,1-5H3,(H,23,25)/t17-/m1/s1. The lowest BCUT2D eigenvalue weighted by molar-refractivity contribution is -0.150. The van der Waals surface area contributed by atoms with Gasteiger partial charge in [-0.15, -0.1) is 0 Å². The molecule has 5 nitrogen and oxygen atoms in total. The fourth-order valence-corrected chi connectivity index (χ4v) is 3.73. The summed E-state index contributed by atoms with van der Waals surface area (Å²) in [6.45, 7) is 12.5. The van der Waals surface area contributed by atoms with E-state index >= 15 is 0 Å². The number of benzene rings is 1. The topological polar surface area (TPSA) is 58.6 Å².